The second-order valence-electron chi connectivity index (χ2n) is 10.7. The first kappa shape index (κ1) is 22.2. The van der Waals surface area contributed by atoms with Gasteiger partial charge in [-0.1, -0.05) is 13.8 Å². The third kappa shape index (κ3) is 3.32. The molecular weight excluding hydrogens is 436 g/mol. The molecule has 3 heterocycles. The lowest BCUT2D eigenvalue weighted by Crippen LogP contribution is -2.55. The number of Topliss-reactive ketones (excluding diaryl/α,β-unsaturated/α-hetero) is 1. The number of piperidine rings is 1. The summed E-state index contributed by atoms with van der Waals surface area (Å²) in [6.07, 6.45) is 5.59. The van der Waals surface area contributed by atoms with Gasteiger partial charge < -0.3 is 9.64 Å². The fourth-order valence-electron chi connectivity index (χ4n) is 6.88. The van der Waals surface area contributed by atoms with Gasteiger partial charge in [0.2, 0.25) is 15.9 Å². The Kier molecular flexibility index (Phi) is 5.32. The maximum absolute atomic E-state index is 13.5. The molecule has 3 saturated heterocycles. The predicted molar refractivity (Wildman–Crippen MR) is 119 cm³/mol. The number of carbonyl (C=O) groups excluding carboxylic acids is 2. The first-order chi connectivity index (χ1) is 14.6. The zero-order chi connectivity index (χ0) is 22.1. The molecule has 31 heavy (non-hydrogen) atoms. The van der Waals surface area contributed by atoms with E-state index in [4.69, 9.17) is 4.74 Å². The molecule has 0 aromatic heterocycles. The molecule has 9 heteroatoms. The van der Waals surface area contributed by atoms with Crippen molar-refractivity contribution in [3.8, 4) is 0 Å². The highest BCUT2D eigenvalue weighted by molar-refractivity contribution is 8.01. The molecule has 174 valence electrons. The number of nitrogens with zero attached hydrogens (tertiary/aromatic N) is 2. The molecule has 3 aliphatic heterocycles. The van der Waals surface area contributed by atoms with Gasteiger partial charge in [-0.15, -0.1) is 11.8 Å². The van der Waals surface area contributed by atoms with E-state index < -0.39 is 15.4 Å². The summed E-state index contributed by atoms with van der Waals surface area (Å²) in [6, 6.07) is 0. The van der Waals surface area contributed by atoms with Crippen LogP contribution in [0.3, 0.4) is 0 Å². The zero-order valence-electron chi connectivity index (χ0n) is 18.6. The summed E-state index contributed by atoms with van der Waals surface area (Å²) in [5.41, 5.74) is -0.977. The third-order valence-electron chi connectivity index (χ3n) is 9.13. The van der Waals surface area contributed by atoms with Crippen LogP contribution in [0.25, 0.3) is 0 Å². The van der Waals surface area contributed by atoms with Crippen molar-refractivity contribution in [1.29, 1.82) is 0 Å². The summed E-state index contributed by atoms with van der Waals surface area (Å²) >= 11 is 1.67. The number of thioether (sulfide) groups is 1. The Morgan fingerprint density at radius 1 is 1.13 bits per heavy atom. The molecule has 2 bridgehead atoms. The number of ether oxygens (including phenoxy) is 1. The largest absolute Gasteiger partial charge is 0.376 e. The van der Waals surface area contributed by atoms with Crippen molar-refractivity contribution in [2.75, 3.05) is 37.7 Å². The van der Waals surface area contributed by atoms with Crippen molar-refractivity contribution in [1.82, 2.24) is 9.21 Å². The van der Waals surface area contributed by atoms with Gasteiger partial charge in [0.1, 0.15) is 5.78 Å². The Balaban J connectivity index is 1.28. The summed E-state index contributed by atoms with van der Waals surface area (Å²) in [5, 5.41) is 0. The first-order valence-electron chi connectivity index (χ1n) is 11.7. The van der Waals surface area contributed by atoms with E-state index in [1.165, 1.54) is 0 Å². The lowest BCUT2D eigenvalue weighted by atomic mass is 9.70. The van der Waals surface area contributed by atoms with Crippen molar-refractivity contribution in [3.05, 3.63) is 0 Å². The number of sulfonamides is 1. The molecule has 7 nitrogen and oxygen atoms in total. The van der Waals surface area contributed by atoms with Crippen LogP contribution in [0.1, 0.15) is 58.8 Å². The van der Waals surface area contributed by atoms with Crippen LogP contribution >= 0.6 is 11.8 Å². The first-order valence-corrected chi connectivity index (χ1v) is 14.3. The van der Waals surface area contributed by atoms with Crippen LogP contribution in [0.2, 0.25) is 0 Å². The van der Waals surface area contributed by atoms with Gasteiger partial charge in [-0.25, -0.2) is 12.7 Å². The average molecular weight is 471 g/mol. The molecule has 3 atom stereocenters. The normalized spacial score (nSPS) is 37.4. The third-order valence-corrected chi connectivity index (χ3v) is 12.7. The molecule has 5 rings (SSSR count). The van der Waals surface area contributed by atoms with Crippen molar-refractivity contribution in [2.24, 2.45) is 16.7 Å². The number of hydrogen-bond donors (Lipinski definition) is 0. The number of fused-ring (bicyclic) bond motifs is 2. The van der Waals surface area contributed by atoms with E-state index in [1.54, 1.807) is 16.1 Å². The minimum Gasteiger partial charge on any atom is -0.376 e. The monoisotopic (exact) mass is 470 g/mol. The molecule has 0 radical (unpaired) electrons. The smallest absolute Gasteiger partial charge is 0.233 e. The van der Waals surface area contributed by atoms with Crippen LogP contribution < -0.4 is 0 Å². The van der Waals surface area contributed by atoms with Gasteiger partial charge in [0, 0.05) is 38.1 Å². The number of hydrogen-bond acceptors (Lipinski definition) is 6. The van der Waals surface area contributed by atoms with Gasteiger partial charge in [0.05, 0.1) is 22.5 Å². The lowest BCUT2D eigenvalue weighted by molar-refractivity contribution is -0.133. The van der Waals surface area contributed by atoms with E-state index in [0.717, 1.165) is 25.9 Å². The van der Waals surface area contributed by atoms with E-state index >= 15 is 0 Å². The highest BCUT2D eigenvalue weighted by Gasteiger charge is 2.65. The molecule has 5 aliphatic rings. The topological polar surface area (TPSA) is 84.0 Å². The second-order valence-corrected chi connectivity index (χ2v) is 14.0. The molecular formula is C22H34N2O5S2. The van der Waals surface area contributed by atoms with Crippen LogP contribution in [0.5, 0.6) is 0 Å². The molecule has 2 saturated carbocycles. The molecule has 5 fully saturated rings. The van der Waals surface area contributed by atoms with E-state index in [0.29, 0.717) is 57.0 Å². The number of amides is 1. The maximum atomic E-state index is 13.5. The Morgan fingerprint density at radius 2 is 1.87 bits per heavy atom. The summed E-state index contributed by atoms with van der Waals surface area (Å²) in [7, 11) is -3.54. The number of rotatable bonds is 5. The van der Waals surface area contributed by atoms with Gasteiger partial charge >= 0.3 is 0 Å². The highest BCUT2D eigenvalue weighted by Crippen LogP contribution is 2.64. The lowest BCUT2D eigenvalue weighted by Gasteiger charge is -2.45. The fraction of sp³-hybridized carbons (Fsp3) is 0.909. The Labute approximate surface area is 189 Å². The Hall–Kier alpha value is -0.640. The van der Waals surface area contributed by atoms with E-state index in [-0.39, 0.29) is 33.8 Å². The van der Waals surface area contributed by atoms with Crippen LogP contribution in [-0.4, -0.2) is 78.0 Å². The maximum Gasteiger partial charge on any atom is 0.233 e. The summed E-state index contributed by atoms with van der Waals surface area (Å²) < 4.78 is 34.3. The quantitative estimate of drug-likeness (QED) is 0.613. The van der Waals surface area contributed by atoms with E-state index in [9.17, 15) is 18.0 Å². The average Bonchev–Trinajstić information content (AvgIpc) is 3.43. The predicted octanol–water partition coefficient (Wildman–Crippen LogP) is 2.26. The summed E-state index contributed by atoms with van der Waals surface area (Å²) in [4.78, 5) is 27.1. The van der Waals surface area contributed by atoms with E-state index in [2.05, 4.69) is 13.8 Å². The van der Waals surface area contributed by atoms with Gasteiger partial charge in [0.25, 0.3) is 0 Å². The van der Waals surface area contributed by atoms with Crippen molar-refractivity contribution >= 4 is 33.5 Å². The van der Waals surface area contributed by atoms with Gasteiger partial charge in [0.15, 0.2) is 0 Å². The molecule has 1 spiro atoms. The van der Waals surface area contributed by atoms with Gasteiger partial charge in [-0.2, -0.15) is 0 Å². The van der Waals surface area contributed by atoms with Crippen LogP contribution in [0.4, 0.5) is 0 Å². The molecule has 2 aliphatic carbocycles. The Bertz CT molecular complexity index is 874. The highest BCUT2D eigenvalue weighted by atomic mass is 32.2. The summed E-state index contributed by atoms with van der Waals surface area (Å²) in [5.74, 6) is 1.01. The fourth-order valence-corrected chi connectivity index (χ4v) is 10.5. The minimum atomic E-state index is -3.54. The van der Waals surface area contributed by atoms with Crippen molar-refractivity contribution in [2.45, 2.75) is 69.8 Å². The molecule has 0 aromatic rings. The molecule has 1 amide bonds. The van der Waals surface area contributed by atoms with Crippen LogP contribution in [0, 0.1) is 16.7 Å². The van der Waals surface area contributed by atoms with Crippen LogP contribution in [-0.2, 0) is 24.3 Å². The molecule has 3 unspecified atom stereocenters. The zero-order valence-corrected chi connectivity index (χ0v) is 20.2. The second kappa shape index (κ2) is 7.43. The number of carbonyl (C=O) groups is 2. The molecule has 0 N–H and O–H groups in total. The minimum absolute atomic E-state index is 0.0545. The standard InChI is InChI=1S/C22H34N2O5S2/c1-20(2)16-5-6-21(20,18(25)12-16)15-31(27,28)23-9-7-22(8-10-23)24(19(26)14-30-22)13-17-4-3-11-29-17/h16-17H,3-15H2,1-2H3. The van der Waals surface area contributed by atoms with Gasteiger partial charge in [-0.3, -0.25) is 9.59 Å². The van der Waals surface area contributed by atoms with E-state index in [1.807, 2.05) is 4.90 Å². The van der Waals surface area contributed by atoms with Crippen LogP contribution in [0.15, 0.2) is 0 Å². The molecule has 0 aromatic carbocycles. The summed E-state index contributed by atoms with van der Waals surface area (Å²) in [6.45, 7) is 6.37. The SMILES string of the molecule is CC1(C)C2CCC1(CS(=O)(=O)N1CCC3(CC1)SCC(=O)N3CC1CCCO1)C(=O)C2. The van der Waals surface area contributed by atoms with Gasteiger partial charge in [-0.05, 0) is 49.9 Å². The van der Waals surface area contributed by atoms with Crippen molar-refractivity contribution < 1.29 is 22.7 Å². The number of ketones is 1. The van der Waals surface area contributed by atoms with Crippen molar-refractivity contribution in [3.63, 3.8) is 0 Å². The Morgan fingerprint density at radius 3 is 2.45 bits per heavy atom.